The number of piperidine rings is 1. The number of hydrogen-bond acceptors (Lipinski definition) is 5. The molecule has 228 valence electrons. The quantitative estimate of drug-likeness (QED) is 0.321. The van der Waals surface area contributed by atoms with E-state index in [-0.39, 0.29) is 11.8 Å². The molecule has 2 aromatic carbocycles. The molecule has 1 spiro atoms. The molecule has 0 radical (unpaired) electrons. The number of fused-ring (bicyclic) bond motifs is 6. The maximum absolute atomic E-state index is 14.2. The lowest BCUT2D eigenvalue weighted by molar-refractivity contribution is -0.138. The summed E-state index contributed by atoms with van der Waals surface area (Å²) < 4.78 is 18.8. The first-order chi connectivity index (χ1) is 20.2. The summed E-state index contributed by atoms with van der Waals surface area (Å²) >= 11 is 0. The Morgan fingerprint density at radius 2 is 1.65 bits per heavy atom. The molecule has 4 heterocycles. The lowest BCUT2D eigenvalue weighted by Crippen LogP contribution is -2.58. The topological polar surface area (TPSA) is 140 Å². The van der Waals surface area contributed by atoms with Gasteiger partial charge in [-0.15, -0.1) is 0 Å². The number of rotatable bonds is 6. The van der Waals surface area contributed by atoms with E-state index in [1.54, 1.807) is 43.8 Å². The van der Waals surface area contributed by atoms with Gasteiger partial charge in [-0.05, 0) is 49.9 Å². The van der Waals surface area contributed by atoms with E-state index in [1.807, 2.05) is 48.7 Å². The van der Waals surface area contributed by atoms with Crippen molar-refractivity contribution in [1.82, 2.24) is 19.9 Å². The van der Waals surface area contributed by atoms with Crippen LogP contribution in [0.25, 0.3) is 10.9 Å². The van der Waals surface area contributed by atoms with Crippen molar-refractivity contribution in [2.24, 2.45) is 11.1 Å². The highest BCUT2D eigenvalue weighted by atomic mass is 32.2. The first kappa shape index (κ1) is 29.3. The molecule has 0 bridgehead atoms. The lowest BCUT2D eigenvalue weighted by Gasteiger charge is -2.40. The summed E-state index contributed by atoms with van der Waals surface area (Å²) in [4.78, 5) is 45.7. The fourth-order valence-electron chi connectivity index (χ4n) is 6.31. The van der Waals surface area contributed by atoms with E-state index in [9.17, 15) is 18.6 Å². The second-order valence-corrected chi connectivity index (χ2v) is 15.6. The number of nitrogens with two attached hydrogens (primary N) is 1. The first-order valence-electron chi connectivity index (χ1n) is 14.7. The smallest absolute Gasteiger partial charge is 0.245 e. The summed E-state index contributed by atoms with van der Waals surface area (Å²) in [6, 6.07) is 14.9. The number of aromatic nitrogens is 1. The van der Waals surface area contributed by atoms with Crippen LogP contribution in [-0.2, 0) is 36.1 Å². The highest BCUT2D eigenvalue weighted by Gasteiger charge is 2.64. The Labute approximate surface area is 252 Å². The van der Waals surface area contributed by atoms with Gasteiger partial charge in [-0.1, -0.05) is 57.2 Å². The predicted octanol–water partition coefficient (Wildman–Crippen LogP) is 2.73. The van der Waals surface area contributed by atoms with E-state index in [2.05, 4.69) is 21.1 Å². The Balaban J connectivity index is 1.27. The highest BCUT2D eigenvalue weighted by Crippen LogP contribution is 2.56. The minimum Gasteiger partial charge on any atom is -0.361 e. The van der Waals surface area contributed by atoms with E-state index in [4.69, 9.17) is 5.73 Å². The summed E-state index contributed by atoms with van der Waals surface area (Å²) in [5.41, 5.74) is 7.54. The fourth-order valence-corrected chi connectivity index (χ4v) is 9.18. The predicted molar refractivity (Wildman–Crippen MR) is 169 cm³/mol. The van der Waals surface area contributed by atoms with Gasteiger partial charge in [0, 0.05) is 42.0 Å². The molecule has 2 atom stereocenters. The molecule has 0 saturated carbocycles. The maximum Gasteiger partial charge on any atom is 0.245 e. The van der Waals surface area contributed by atoms with Crippen molar-refractivity contribution >= 4 is 49.2 Å². The number of nitrogens with zero attached hydrogens (tertiary/aromatic N) is 2. The Hall–Kier alpha value is -3.83. The van der Waals surface area contributed by atoms with Crippen molar-refractivity contribution in [1.29, 1.82) is 0 Å². The molecular weight excluding hydrogens is 564 g/mol. The number of nitrogens with one attached hydrogen (secondary N) is 3. The SMILES string of the molecule is CC(C)(C)C(=O)NS1(=O)=C2N1c1ccccc1C21CCN(C(=O)[C@@H](Cc2c[nH]c3ccccc23)NC(=O)C(C)(C)N)CC1. The van der Waals surface area contributed by atoms with E-state index < -0.39 is 38.2 Å². The largest absolute Gasteiger partial charge is 0.361 e. The van der Waals surface area contributed by atoms with Crippen LogP contribution in [0.4, 0.5) is 5.69 Å². The third-order valence-corrected chi connectivity index (χ3v) is 11.1. The lowest BCUT2D eigenvalue weighted by atomic mass is 9.74. The van der Waals surface area contributed by atoms with Crippen LogP contribution in [0.5, 0.6) is 0 Å². The van der Waals surface area contributed by atoms with Gasteiger partial charge in [-0.25, -0.2) is 8.51 Å². The Morgan fingerprint density at radius 3 is 2.33 bits per heavy atom. The Bertz CT molecular complexity index is 1760. The molecule has 11 heteroatoms. The third kappa shape index (κ3) is 4.78. The zero-order valence-corrected chi connectivity index (χ0v) is 26.1. The zero-order valence-electron chi connectivity index (χ0n) is 25.3. The van der Waals surface area contributed by atoms with Crippen molar-refractivity contribution < 1.29 is 18.6 Å². The van der Waals surface area contributed by atoms with Crippen molar-refractivity contribution in [2.45, 2.75) is 70.9 Å². The van der Waals surface area contributed by atoms with Gasteiger partial charge in [0.15, 0.2) is 9.89 Å². The molecule has 3 aromatic rings. The van der Waals surface area contributed by atoms with E-state index in [1.165, 1.54) is 0 Å². The van der Waals surface area contributed by atoms with Gasteiger partial charge in [0.05, 0.1) is 16.6 Å². The standard InChI is InChI=1S/C32H40N6O4S/c1-30(2,3)27(40)36-43(42)29-32(22-11-7-9-13-25(22)38(29)43)14-16-37(17-15-32)26(39)24(35-28(41)31(4,5)33)18-20-19-34-23-12-8-6-10-21(20)23/h6-13,19,24,34H,14-18,33H2,1-5H3,(H,35,41)(H,36,40,42)/t24-,38?,43?/m1/s1. The van der Waals surface area contributed by atoms with Gasteiger partial charge in [0.2, 0.25) is 17.7 Å². The average Bonchev–Trinajstić information content (AvgIpc) is 3.22. The number of anilines is 1. The summed E-state index contributed by atoms with van der Waals surface area (Å²) in [5.74, 6) is -0.843. The van der Waals surface area contributed by atoms with Gasteiger partial charge in [0.1, 0.15) is 11.0 Å². The number of H-pyrrole nitrogens is 1. The first-order valence-corrected chi connectivity index (χ1v) is 16.3. The molecule has 3 aliphatic rings. The van der Waals surface area contributed by atoms with Crippen molar-refractivity contribution in [3.8, 4) is 0 Å². The van der Waals surface area contributed by atoms with E-state index in [0.717, 1.165) is 32.7 Å². The minimum atomic E-state index is -2.88. The molecule has 6 rings (SSSR count). The maximum atomic E-state index is 14.2. The van der Waals surface area contributed by atoms with Crippen LogP contribution in [-0.4, -0.2) is 61.5 Å². The molecule has 0 aliphatic carbocycles. The molecule has 5 N–H and O–H groups in total. The highest BCUT2D eigenvalue weighted by molar-refractivity contribution is 8.12. The van der Waals surface area contributed by atoms with Gasteiger partial charge in [-0.3, -0.25) is 19.1 Å². The monoisotopic (exact) mass is 604 g/mol. The number of aromatic amines is 1. The summed E-state index contributed by atoms with van der Waals surface area (Å²) in [7, 11) is -2.88. The molecule has 1 unspecified atom stereocenters. The van der Waals surface area contributed by atoms with Gasteiger partial charge in [0.25, 0.3) is 0 Å². The molecular formula is C32H40N6O4S. The molecule has 10 nitrogen and oxygen atoms in total. The summed E-state index contributed by atoms with van der Waals surface area (Å²) in [6.07, 6.45) is 3.30. The third-order valence-electron chi connectivity index (χ3n) is 8.85. The van der Waals surface area contributed by atoms with Crippen LogP contribution < -0.4 is 20.1 Å². The number of likely N-dealkylation sites (tertiary alicyclic amines) is 1. The number of amides is 3. The minimum absolute atomic E-state index is 0.177. The van der Waals surface area contributed by atoms with Crippen LogP contribution in [0, 0.1) is 5.41 Å². The molecule has 3 amide bonds. The number of para-hydroxylation sites is 2. The van der Waals surface area contributed by atoms with Crippen LogP contribution in [0.2, 0.25) is 0 Å². The van der Waals surface area contributed by atoms with Crippen molar-refractivity contribution in [2.75, 3.05) is 17.4 Å². The second-order valence-electron chi connectivity index (χ2n) is 13.5. The van der Waals surface area contributed by atoms with Gasteiger partial charge >= 0.3 is 0 Å². The van der Waals surface area contributed by atoms with Crippen molar-refractivity contribution in [3.05, 3.63) is 65.9 Å². The Morgan fingerprint density at radius 1 is 1.00 bits per heavy atom. The molecule has 43 heavy (non-hydrogen) atoms. The van der Waals surface area contributed by atoms with Gasteiger partial charge in [-0.2, -0.15) is 0 Å². The van der Waals surface area contributed by atoms with Crippen LogP contribution in [0.15, 0.2) is 54.7 Å². The number of benzene rings is 2. The molecule has 1 aromatic heterocycles. The fraction of sp³-hybridized carbons (Fsp3) is 0.438. The average molecular weight is 605 g/mol. The molecule has 1 fully saturated rings. The number of hydrogen-bond donors (Lipinski definition) is 4. The van der Waals surface area contributed by atoms with Gasteiger partial charge < -0.3 is 20.9 Å². The zero-order chi connectivity index (χ0) is 30.9. The number of carbonyl (C=O) groups excluding carboxylic acids is 3. The molecule has 1 saturated heterocycles. The summed E-state index contributed by atoms with van der Waals surface area (Å²) in [6.45, 7) is 9.47. The second kappa shape index (κ2) is 9.85. The summed E-state index contributed by atoms with van der Waals surface area (Å²) in [5, 5.41) is 3.92. The normalized spacial score (nSPS) is 21.4. The van der Waals surface area contributed by atoms with E-state index >= 15 is 0 Å². The van der Waals surface area contributed by atoms with Crippen molar-refractivity contribution in [3.63, 3.8) is 0 Å². The van der Waals surface area contributed by atoms with Crippen LogP contribution in [0.3, 0.4) is 0 Å². The van der Waals surface area contributed by atoms with Crippen LogP contribution >= 0.6 is 0 Å². The Kier molecular flexibility index (Phi) is 6.70. The molecule has 3 aliphatic heterocycles. The van der Waals surface area contributed by atoms with E-state index in [0.29, 0.717) is 32.4 Å². The van der Waals surface area contributed by atoms with Crippen LogP contribution in [0.1, 0.15) is 58.6 Å². The number of carbonyl (C=O) groups is 3.